The van der Waals surface area contributed by atoms with Gasteiger partial charge in [0, 0.05) is 6.04 Å². The predicted octanol–water partition coefficient (Wildman–Crippen LogP) is -0.345. The number of nitrogens with zero attached hydrogens (tertiary/aromatic N) is 1. The van der Waals surface area contributed by atoms with Crippen molar-refractivity contribution in [3.63, 3.8) is 0 Å². The average Bonchev–Trinajstić information content (AvgIpc) is 2.15. The third kappa shape index (κ3) is 1.23. The van der Waals surface area contributed by atoms with E-state index in [-0.39, 0.29) is 12.7 Å². The lowest BCUT2D eigenvalue weighted by atomic mass is 10.2. The second-order valence-corrected chi connectivity index (χ2v) is 2.51. The zero-order chi connectivity index (χ0) is 6.85. The molecule has 1 saturated heterocycles. The van der Waals surface area contributed by atoms with Crippen LogP contribution in [0.3, 0.4) is 0 Å². The van der Waals surface area contributed by atoms with Crippen LogP contribution >= 0.6 is 0 Å². The van der Waals surface area contributed by atoms with Gasteiger partial charge in [-0.2, -0.15) is 0 Å². The topological polar surface area (TPSA) is 32.7 Å². The molecule has 1 N–H and O–H groups in total. The Kier molecular flexibility index (Phi) is 2.05. The molecular formula is C6H13NO2. The average molecular weight is 131 g/mol. The predicted molar refractivity (Wildman–Crippen MR) is 34.1 cm³/mol. The van der Waals surface area contributed by atoms with Gasteiger partial charge >= 0.3 is 0 Å². The molecule has 0 aromatic rings. The molecule has 0 aromatic carbocycles. The Morgan fingerprint density at radius 3 is 2.67 bits per heavy atom. The van der Waals surface area contributed by atoms with Crippen LogP contribution in [0.25, 0.3) is 0 Å². The molecule has 0 amide bonds. The van der Waals surface area contributed by atoms with Crippen molar-refractivity contribution in [1.82, 2.24) is 4.90 Å². The molecule has 1 aliphatic rings. The van der Waals surface area contributed by atoms with Crippen LogP contribution in [0.1, 0.15) is 6.92 Å². The Balaban J connectivity index is 2.41. The quantitative estimate of drug-likeness (QED) is 0.528. The maximum Gasteiger partial charge on any atom is 0.0996 e. The number of ether oxygens (including phenoxy) is 1. The van der Waals surface area contributed by atoms with Crippen molar-refractivity contribution < 1.29 is 9.84 Å². The monoisotopic (exact) mass is 131 g/mol. The highest BCUT2D eigenvalue weighted by Crippen LogP contribution is 2.12. The van der Waals surface area contributed by atoms with E-state index in [1.54, 1.807) is 0 Å². The molecule has 0 unspecified atom stereocenters. The highest BCUT2D eigenvalue weighted by molar-refractivity contribution is 4.76. The van der Waals surface area contributed by atoms with Gasteiger partial charge in [-0.25, -0.2) is 0 Å². The summed E-state index contributed by atoms with van der Waals surface area (Å²) in [5.74, 6) is 0. The molecule has 2 atom stereocenters. The van der Waals surface area contributed by atoms with Crippen molar-refractivity contribution in [2.24, 2.45) is 0 Å². The first-order valence-corrected chi connectivity index (χ1v) is 3.18. The normalized spacial score (nSPS) is 37.7. The molecule has 3 heteroatoms. The van der Waals surface area contributed by atoms with Gasteiger partial charge in [-0.3, -0.25) is 4.90 Å². The summed E-state index contributed by atoms with van der Waals surface area (Å²) in [7, 11) is 1.99. The van der Waals surface area contributed by atoms with E-state index in [0.717, 1.165) is 0 Å². The summed E-state index contributed by atoms with van der Waals surface area (Å²) < 4.78 is 5.20. The highest BCUT2D eigenvalue weighted by Gasteiger charge is 2.27. The molecule has 0 bridgehead atoms. The summed E-state index contributed by atoms with van der Waals surface area (Å²) in [5, 5.41) is 8.70. The summed E-state index contributed by atoms with van der Waals surface area (Å²) in [5.41, 5.74) is 0. The van der Waals surface area contributed by atoms with Crippen LogP contribution in [0.4, 0.5) is 0 Å². The molecule has 0 spiro atoms. The lowest BCUT2D eigenvalue weighted by molar-refractivity contribution is 0.0498. The van der Waals surface area contributed by atoms with Crippen molar-refractivity contribution in [1.29, 1.82) is 0 Å². The van der Waals surface area contributed by atoms with E-state index >= 15 is 0 Å². The third-order valence-electron chi connectivity index (χ3n) is 1.91. The first kappa shape index (κ1) is 6.99. The van der Waals surface area contributed by atoms with Crippen molar-refractivity contribution in [2.75, 3.05) is 20.4 Å². The van der Waals surface area contributed by atoms with Crippen LogP contribution in [0, 0.1) is 0 Å². The first-order valence-electron chi connectivity index (χ1n) is 3.18. The van der Waals surface area contributed by atoms with Crippen LogP contribution in [0.2, 0.25) is 0 Å². The molecule has 1 fully saturated rings. The largest absolute Gasteiger partial charge is 0.394 e. The van der Waals surface area contributed by atoms with Crippen molar-refractivity contribution in [3.05, 3.63) is 0 Å². The van der Waals surface area contributed by atoms with E-state index in [4.69, 9.17) is 9.84 Å². The standard InChI is InChI=1S/C6H13NO2/c1-5-6(3-8)9-4-7(5)2/h5-6,8H,3-4H2,1-2H3/t5-,6+/m1/s1. The lowest BCUT2D eigenvalue weighted by Gasteiger charge is -2.14. The van der Waals surface area contributed by atoms with Crippen LogP contribution in [0.15, 0.2) is 0 Å². The Morgan fingerprint density at radius 1 is 1.78 bits per heavy atom. The van der Waals surface area contributed by atoms with Gasteiger partial charge in [-0.15, -0.1) is 0 Å². The van der Waals surface area contributed by atoms with Gasteiger partial charge in [-0.05, 0) is 14.0 Å². The Hall–Kier alpha value is -0.120. The molecule has 3 nitrogen and oxygen atoms in total. The minimum absolute atomic E-state index is 0.0231. The van der Waals surface area contributed by atoms with Crippen LogP contribution in [0.5, 0.6) is 0 Å². The molecular weight excluding hydrogens is 118 g/mol. The van der Waals surface area contributed by atoms with Gasteiger partial charge in [0.15, 0.2) is 0 Å². The number of hydrogen-bond donors (Lipinski definition) is 1. The van der Waals surface area contributed by atoms with Gasteiger partial charge in [0.1, 0.15) is 0 Å². The molecule has 1 rings (SSSR count). The number of aliphatic hydroxyl groups excluding tert-OH is 1. The van der Waals surface area contributed by atoms with Gasteiger partial charge in [0.2, 0.25) is 0 Å². The van der Waals surface area contributed by atoms with Crippen LogP contribution in [-0.2, 0) is 4.74 Å². The number of aliphatic hydroxyl groups is 1. The fraction of sp³-hybridized carbons (Fsp3) is 1.00. The fourth-order valence-electron chi connectivity index (χ4n) is 0.959. The Bertz CT molecular complexity index is 97.1. The minimum atomic E-state index is 0.0231. The molecule has 0 aromatic heterocycles. The Labute approximate surface area is 55.2 Å². The minimum Gasteiger partial charge on any atom is -0.394 e. The van der Waals surface area contributed by atoms with E-state index in [9.17, 15) is 0 Å². The zero-order valence-corrected chi connectivity index (χ0v) is 5.87. The van der Waals surface area contributed by atoms with Crippen molar-refractivity contribution in [2.45, 2.75) is 19.1 Å². The highest BCUT2D eigenvalue weighted by atomic mass is 16.5. The summed E-state index contributed by atoms with van der Waals surface area (Å²) >= 11 is 0. The van der Waals surface area contributed by atoms with E-state index in [1.165, 1.54) is 0 Å². The summed E-state index contributed by atoms with van der Waals surface area (Å²) in [6.45, 7) is 2.83. The van der Waals surface area contributed by atoms with E-state index < -0.39 is 0 Å². The zero-order valence-electron chi connectivity index (χ0n) is 5.87. The van der Waals surface area contributed by atoms with Gasteiger partial charge in [0.25, 0.3) is 0 Å². The summed E-state index contributed by atoms with van der Waals surface area (Å²) in [6.07, 6.45) is 0.0231. The second-order valence-electron chi connectivity index (χ2n) is 2.51. The van der Waals surface area contributed by atoms with Crippen LogP contribution in [-0.4, -0.2) is 42.5 Å². The Morgan fingerprint density at radius 2 is 2.44 bits per heavy atom. The summed E-state index contributed by atoms with van der Waals surface area (Å²) in [6, 6.07) is 0.356. The fourth-order valence-corrected chi connectivity index (χ4v) is 0.959. The summed E-state index contributed by atoms with van der Waals surface area (Å²) in [4.78, 5) is 2.07. The molecule has 1 aliphatic heterocycles. The molecule has 0 radical (unpaired) electrons. The molecule has 0 aliphatic carbocycles. The van der Waals surface area contributed by atoms with Gasteiger partial charge in [0.05, 0.1) is 19.4 Å². The van der Waals surface area contributed by atoms with Gasteiger partial charge in [-0.1, -0.05) is 0 Å². The van der Waals surface area contributed by atoms with E-state index in [2.05, 4.69) is 4.90 Å². The maximum absolute atomic E-state index is 8.70. The molecule has 1 heterocycles. The first-order chi connectivity index (χ1) is 4.25. The lowest BCUT2D eigenvalue weighted by Crippen LogP contribution is -2.31. The smallest absolute Gasteiger partial charge is 0.0996 e. The maximum atomic E-state index is 8.70. The number of likely N-dealkylation sites (N-methyl/N-ethyl adjacent to an activating group) is 1. The molecule has 9 heavy (non-hydrogen) atoms. The SMILES string of the molecule is C[C@@H]1[C@H](CO)OCN1C. The van der Waals surface area contributed by atoms with Crippen LogP contribution < -0.4 is 0 Å². The number of rotatable bonds is 1. The third-order valence-corrected chi connectivity index (χ3v) is 1.91. The second kappa shape index (κ2) is 2.64. The van der Waals surface area contributed by atoms with Crippen molar-refractivity contribution in [3.8, 4) is 0 Å². The molecule has 0 saturated carbocycles. The number of hydrogen-bond acceptors (Lipinski definition) is 3. The van der Waals surface area contributed by atoms with E-state index in [1.807, 2.05) is 14.0 Å². The van der Waals surface area contributed by atoms with Crippen molar-refractivity contribution >= 4 is 0 Å². The molecule has 54 valence electrons. The van der Waals surface area contributed by atoms with Gasteiger partial charge < -0.3 is 9.84 Å². The van der Waals surface area contributed by atoms with E-state index in [0.29, 0.717) is 12.8 Å².